The van der Waals surface area contributed by atoms with Crippen LogP contribution in [0, 0.1) is 5.82 Å². The average molecular weight is 282 g/mol. The van der Waals surface area contributed by atoms with Crippen molar-refractivity contribution >= 4 is 6.03 Å². The molecule has 1 unspecified atom stereocenters. The summed E-state index contributed by atoms with van der Waals surface area (Å²) in [7, 11) is 1.61. The average Bonchev–Trinajstić information content (AvgIpc) is 2.29. The van der Waals surface area contributed by atoms with Crippen LogP contribution in [0.1, 0.15) is 26.3 Å². The highest BCUT2D eigenvalue weighted by Gasteiger charge is 2.20. The standard InChI is InChI=1S/C15H23FN2O2/c1-11(9-12-7-5-6-8-13(12)16)17-14(19)18(4)10-15(2,3)20/h5-8,11,20H,9-10H2,1-4H3,(H,17,19). The molecule has 0 aliphatic rings. The second-order valence-electron chi connectivity index (χ2n) is 5.81. The second-order valence-corrected chi connectivity index (χ2v) is 5.81. The van der Waals surface area contributed by atoms with Crippen molar-refractivity contribution in [1.29, 1.82) is 0 Å². The molecular formula is C15H23FN2O2. The summed E-state index contributed by atoms with van der Waals surface area (Å²) in [6.07, 6.45) is 0.425. The van der Waals surface area contributed by atoms with Crippen LogP contribution in [0.3, 0.4) is 0 Å². The van der Waals surface area contributed by atoms with Crippen LogP contribution < -0.4 is 5.32 Å². The molecule has 4 nitrogen and oxygen atoms in total. The maximum Gasteiger partial charge on any atom is 0.317 e. The smallest absolute Gasteiger partial charge is 0.317 e. The molecule has 20 heavy (non-hydrogen) atoms. The Bertz CT molecular complexity index is 457. The lowest BCUT2D eigenvalue weighted by molar-refractivity contribution is 0.0528. The number of nitrogens with one attached hydrogen (secondary N) is 1. The topological polar surface area (TPSA) is 52.6 Å². The first-order valence-electron chi connectivity index (χ1n) is 6.66. The number of amides is 2. The Hall–Kier alpha value is -1.62. The monoisotopic (exact) mass is 282 g/mol. The molecule has 2 N–H and O–H groups in total. The van der Waals surface area contributed by atoms with E-state index in [1.54, 1.807) is 39.1 Å². The van der Waals surface area contributed by atoms with Crippen molar-refractivity contribution in [3.63, 3.8) is 0 Å². The minimum absolute atomic E-state index is 0.191. The van der Waals surface area contributed by atoms with Crippen LogP contribution in [0.4, 0.5) is 9.18 Å². The molecule has 0 radical (unpaired) electrons. The zero-order valence-corrected chi connectivity index (χ0v) is 12.5. The zero-order chi connectivity index (χ0) is 15.3. The van der Waals surface area contributed by atoms with E-state index in [4.69, 9.17) is 0 Å². The van der Waals surface area contributed by atoms with Crippen LogP contribution >= 0.6 is 0 Å². The lowest BCUT2D eigenvalue weighted by atomic mass is 10.1. The van der Waals surface area contributed by atoms with Gasteiger partial charge >= 0.3 is 6.03 Å². The molecule has 0 aromatic heterocycles. The fourth-order valence-electron chi connectivity index (χ4n) is 2.02. The van der Waals surface area contributed by atoms with Crippen LogP contribution in [0.25, 0.3) is 0 Å². The van der Waals surface area contributed by atoms with E-state index in [0.717, 1.165) is 0 Å². The van der Waals surface area contributed by atoms with E-state index in [1.165, 1.54) is 11.0 Å². The minimum atomic E-state index is -0.944. The predicted octanol–water partition coefficient (Wildman–Crippen LogP) is 2.17. The van der Waals surface area contributed by atoms with Crippen molar-refractivity contribution in [3.05, 3.63) is 35.6 Å². The Labute approximate surface area is 119 Å². The van der Waals surface area contributed by atoms with Gasteiger partial charge in [0.05, 0.1) is 12.1 Å². The summed E-state index contributed by atoms with van der Waals surface area (Å²) in [4.78, 5) is 13.3. The lowest BCUT2D eigenvalue weighted by Crippen LogP contribution is -2.47. The summed E-state index contributed by atoms with van der Waals surface area (Å²) in [5, 5.41) is 12.5. The number of aliphatic hydroxyl groups is 1. The molecule has 1 aromatic carbocycles. The third kappa shape index (κ3) is 5.57. The van der Waals surface area contributed by atoms with Crippen LogP contribution in [-0.2, 0) is 6.42 Å². The molecule has 0 spiro atoms. The number of hydrogen-bond acceptors (Lipinski definition) is 2. The number of rotatable bonds is 5. The molecule has 0 bridgehead atoms. The van der Waals surface area contributed by atoms with Gasteiger partial charge in [-0.05, 0) is 38.8 Å². The molecule has 0 heterocycles. The van der Waals surface area contributed by atoms with Gasteiger partial charge in [0.1, 0.15) is 5.82 Å². The molecule has 1 atom stereocenters. The van der Waals surface area contributed by atoms with Crippen LogP contribution in [0.2, 0.25) is 0 Å². The van der Waals surface area contributed by atoms with Gasteiger partial charge in [-0.1, -0.05) is 18.2 Å². The van der Waals surface area contributed by atoms with Crippen molar-refractivity contribution in [2.45, 2.75) is 38.8 Å². The van der Waals surface area contributed by atoms with Crippen LogP contribution in [-0.4, -0.2) is 41.3 Å². The molecule has 0 aliphatic carbocycles. The van der Waals surface area contributed by atoms with Gasteiger partial charge in [0, 0.05) is 13.1 Å². The molecule has 1 rings (SSSR count). The Morgan fingerprint density at radius 3 is 2.60 bits per heavy atom. The third-order valence-corrected chi connectivity index (χ3v) is 2.82. The molecule has 0 saturated heterocycles. The number of nitrogens with zero attached hydrogens (tertiary/aromatic N) is 1. The summed E-state index contributed by atoms with van der Waals surface area (Å²) in [5.74, 6) is -0.265. The number of halogens is 1. The maximum atomic E-state index is 13.5. The first kappa shape index (κ1) is 16.4. The summed E-state index contributed by atoms with van der Waals surface area (Å²) in [5.41, 5.74) is -0.369. The van der Waals surface area contributed by atoms with Gasteiger partial charge in [-0.15, -0.1) is 0 Å². The van der Waals surface area contributed by atoms with E-state index in [9.17, 15) is 14.3 Å². The predicted molar refractivity (Wildman–Crippen MR) is 77.0 cm³/mol. The fraction of sp³-hybridized carbons (Fsp3) is 0.533. The van der Waals surface area contributed by atoms with Crippen molar-refractivity contribution in [1.82, 2.24) is 10.2 Å². The van der Waals surface area contributed by atoms with E-state index in [2.05, 4.69) is 5.32 Å². The third-order valence-electron chi connectivity index (χ3n) is 2.82. The molecule has 5 heteroatoms. The molecule has 0 aliphatic heterocycles. The molecule has 0 fully saturated rings. The Balaban J connectivity index is 2.52. The van der Waals surface area contributed by atoms with E-state index in [1.807, 2.05) is 6.92 Å². The molecule has 2 amide bonds. The number of benzene rings is 1. The van der Waals surface area contributed by atoms with Gasteiger partial charge in [0.25, 0.3) is 0 Å². The summed E-state index contributed by atoms with van der Waals surface area (Å²) in [6, 6.07) is 6.05. The van der Waals surface area contributed by atoms with Gasteiger partial charge in [-0.3, -0.25) is 0 Å². The van der Waals surface area contributed by atoms with Gasteiger partial charge in [-0.25, -0.2) is 9.18 Å². The summed E-state index contributed by atoms with van der Waals surface area (Å²) in [6.45, 7) is 5.33. The largest absolute Gasteiger partial charge is 0.389 e. The summed E-state index contributed by atoms with van der Waals surface area (Å²) < 4.78 is 13.5. The normalized spacial score (nSPS) is 12.9. The second kappa shape index (κ2) is 6.70. The summed E-state index contributed by atoms with van der Waals surface area (Å²) >= 11 is 0. The fourth-order valence-corrected chi connectivity index (χ4v) is 2.02. The van der Waals surface area contributed by atoms with Crippen LogP contribution in [0.15, 0.2) is 24.3 Å². The first-order valence-corrected chi connectivity index (χ1v) is 6.66. The molecule has 1 aromatic rings. The van der Waals surface area contributed by atoms with Gasteiger partial charge in [0.2, 0.25) is 0 Å². The Morgan fingerprint density at radius 2 is 2.05 bits per heavy atom. The number of urea groups is 1. The number of likely N-dealkylation sites (N-methyl/N-ethyl adjacent to an activating group) is 1. The van der Waals surface area contributed by atoms with Gasteiger partial charge in [0.15, 0.2) is 0 Å². The Kier molecular flexibility index (Phi) is 5.51. The number of carbonyl (C=O) groups excluding carboxylic acids is 1. The van der Waals surface area contributed by atoms with Crippen molar-refractivity contribution in [2.24, 2.45) is 0 Å². The van der Waals surface area contributed by atoms with Crippen molar-refractivity contribution < 1.29 is 14.3 Å². The van der Waals surface area contributed by atoms with Crippen LogP contribution in [0.5, 0.6) is 0 Å². The molecule has 112 valence electrons. The molecular weight excluding hydrogens is 259 g/mol. The van der Waals surface area contributed by atoms with E-state index >= 15 is 0 Å². The number of hydrogen-bond donors (Lipinski definition) is 2. The quantitative estimate of drug-likeness (QED) is 0.869. The SMILES string of the molecule is CC(Cc1ccccc1F)NC(=O)N(C)CC(C)(C)O. The highest BCUT2D eigenvalue weighted by molar-refractivity contribution is 5.74. The van der Waals surface area contributed by atoms with E-state index in [-0.39, 0.29) is 24.4 Å². The lowest BCUT2D eigenvalue weighted by Gasteiger charge is -2.27. The van der Waals surface area contributed by atoms with E-state index < -0.39 is 5.60 Å². The zero-order valence-electron chi connectivity index (χ0n) is 12.5. The van der Waals surface area contributed by atoms with Gasteiger partial charge < -0.3 is 15.3 Å². The van der Waals surface area contributed by atoms with E-state index in [0.29, 0.717) is 12.0 Å². The highest BCUT2D eigenvalue weighted by Crippen LogP contribution is 2.09. The van der Waals surface area contributed by atoms with Crippen molar-refractivity contribution in [3.8, 4) is 0 Å². The number of carbonyl (C=O) groups is 1. The van der Waals surface area contributed by atoms with Crippen molar-refractivity contribution in [2.75, 3.05) is 13.6 Å². The highest BCUT2D eigenvalue weighted by atomic mass is 19.1. The maximum absolute atomic E-state index is 13.5. The minimum Gasteiger partial charge on any atom is -0.389 e. The van der Waals surface area contributed by atoms with Gasteiger partial charge in [-0.2, -0.15) is 0 Å². The Morgan fingerprint density at radius 1 is 1.45 bits per heavy atom. The molecule has 0 saturated carbocycles. The first-order chi connectivity index (χ1) is 9.19.